The standard InChI is InChI=1S/C39H70O4/c1-3-5-7-8-9-10-11-12-13-14-15-16-17-18-19-20-21-22-26-29-32-36-39(42)43-37(33-6-4-2)34-30-27-24-23-25-28-31-35-38(40)41/h9-10,12-13,18-19,37H,3-8,11,14-17,20-36H2,1-2H3,(H,40,41)/b10-9-,13-12-,19-18-. The van der Waals surface area contributed by atoms with Gasteiger partial charge >= 0.3 is 11.9 Å². The van der Waals surface area contributed by atoms with Crippen LogP contribution in [0.15, 0.2) is 36.5 Å². The van der Waals surface area contributed by atoms with Crippen molar-refractivity contribution in [3.8, 4) is 0 Å². The van der Waals surface area contributed by atoms with Crippen molar-refractivity contribution in [1.29, 1.82) is 0 Å². The average Bonchev–Trinajstić information content (AvgIpc) is 2.99. The Hall–Kier alpha value is -1.84. The smallest absolute Gasteiger partial charge is 0.306 e. The molecule has 0 saturated heterocycles. The SMILES string of the molecule is CCCCC/C=C\C/C=C\CCCC/C=C\CCCCCCCC(=O)OC(CCCC)CCCCCCCCCC(=O)O. The van der Waals surface area contributed by atoms with Crippen LogP contribution < -0.4 is 0 Å². The minimum atomic E-state index is -0.691. The highest BCUT2D eigenvalue weighted by Gasteiger charge is 2.13. The molecule has 0 saturated carbocycles. The fourth-order valence-corrected chi connectivity index (χ4v) is 5.31. The van der Waals surface area contributed by atoms with E-state index in [1.807, 2.05) is 0 Å². The maximum Gasteiger partial charge on any atom is 0.306 e. The zero-order valence-electron chi connectivity index (χ0n) is 28.5. The lowest BCUT2D eigenvalue weighted by molar-refractivity contribution is -0.150. The Morgan fingerprint density at radius 1 is 0.512 bits per heavy atom. The van der Waals surface area contributed by atoms with Crippen LogP contribution in [0.25, 0.3) is 0 Å². The van der Waals surface area contributed by atoms with Gasteiger partial charge in [-0.15, -0.1) is 0 Å². The number of aliphatic carboxylic acids is 1. The summed E-state index contributed by atoms with van der Waals surface area (Å²) in [5, 5.41) is 8.69. The molecule has 0 fully saturated rings. The minimum absolute atomic E-state index is 0.00685. The number of carbonyl (C=O) groups excluding carboxylic acids is 1. The van der Waals surface area contributed by atoms with Crippen LogP contribution in [0, 0.1) is 0 Å². The molecule has 1 atom stereocenters. The van der Waals surface area contributed by atoms with Crippen LogP contribution in [0.4, 0.5) is 0 Å². The van der Waals surface area contributed by atoms with E-state index in [2.05, 4.69) is 50.3 Å². The summed E-state index contributed by atoms with van der Waals surface area (Å²) in [7, 11) is 0. The van der Waals surface area contributed by atoms with Gasteiger partial charge in [-0.3, -0.25) is 9.59 Å². The van der Waals surface area contributed by atoms with E-state index in [-0.39, 0.29) is 12.1 Å². The topological polar surface area (TPSA) is 63.6 Å². The number of hydrogen-bond donors (Lipinski definition) is 1. The maximum absolute atomic E-state index is 12.4. The Morgan fingerprint density at radius 3 is 1.49 bits per heavy atom. The van der Waals surface area contributed by atoms with Gasteiger partial charge in [-0.05, 0) is 89.9 Å². The van der Waals surface area contributed by atoms with Gasteiger partial charge < -0.3 is 9.84 Å². The Bertz CT molecular complexity index is 693. The molecule has 0 aromatic heterocycles. The molecule has 0 aliphatic rings. The van der Waals surface area contributed by atoms with Gasteiger partial charge in [-0.25, -0.2) is 0 Å². The Kier molecular flexibility index (Phi) is 33.2. The van der Waals surface area contributed by atoms with Crippen molar-refractivity contribution in [3.05, 3.63) is 36.5 Å². The van der Waals surface area contributed by atoms with E-state index in [4.69, 9.17) is 9.84 Å². The number of carboxylic acids is 1. The average molecular weight is 603 g/mol. The molecule has 1 N–H and O–H groups in total. The Balaban J connectivity index is 3.65. The number of hydrogen-bond acceptors (Lipinski definition) is 3. The maximum atomic E-state index is 12.4. The van der Waals surface area contributed by atoms with Gasteiger partial charge in [0.15, 0.2) is 0 Å². The number of carboxylic acid groups (broad SMARTS) is 1. The summed E-state index contributed by atoms with van der Waals surface area (Å²) in [6, 6.07) is 0. The molecular formula is C39H70O4. The van der Waals surface area contributed by atoms with Crippen molar-refractivity contribution in [2.45, 2.75) is 200 Å². The van der Waals surface area contributed by atoms with E-state index in [0.29, 0.717) is 12.8 Å². The molecule has 0 bridgehead atoms. The molecule has 0 rings (SSSR count). The first-order valence-electron chi connectivity index (χ1n) is 18.5. The molecule has 0 aromatic carbocycles. The molecule has 4 heteroatoms. The van der Waals surface area contributed by atoms with Crippen molar-refractivity contribution in [2.75, 3.05) is 0 Å². The molecule has 0 spiro atoms. The molecule has 0 heterocycles. The summed E-state index contributed by atoms with van der Waals surface area (Å²) in [5.41, 5.74) is 0. The van der Waals surface area contributed by atoms with E-state index < -0.39 is 5.97 Å². The lowest BCUT2D eigenvalue weighted by Crippen LogP contribution is -2.18. The van der Waals surface area contributed by atoms with Gasteiger partial charge in [0.1, 0.15) is 6.10 Å². The van der Waals surface area contributed by atoms with Crippen molar-refractivity contribution >= 4 is 11.9 Å². The summed E-state index contributed by atoms with van der Waals surface area (Å²) in [4.78, 5) is 23.0. The van der Waals surface area contributed by atoms with E-state index in [1.165, 1.54) is 96.3 Å². The van der Waals surface area contributed by atoms with Crippen LogP contribution in [-0.4, -0.2) is 23.1 Å². The van der Waals surface area contributed by atoms with Crippen LogP contribution in [0.5, 0.6) is 0 Å². The highest BCUT2D eigenvalue weighted by molar-refractivity contribution is 5.69. The second-order valence-corrected chi connectivity index (χ2v) is 12.4. The van der Waals surface area contributed by atoms with Gasteiger partial charge in [0, 0.05) is 12.8 Å². The lowest BCUT2D eigenvalue weighted by atomic mass is 10.0. The molecule has 0 aliphatic carbocycles. The Labute approximate surface area is 267 Å². The van der Waals surface area contributed by atoms with Crippen LogP contribution in [0.3, 0.4) is 0 Å². The third kappa shape index (κ3) is 34.5. The van der Waals surface area contributed by atoms with Crippen LogP contribution in [0.1, 0.15) is 194 Å². The predicted octanol–water partition coefficient (Wildman–Crippen LogP) is 12.6. The third-order valence-corrected chi connectivity index (χ3v) is 8.08. The second-order valence-electron chi connectivity index (χ2n) is 12.4. The van der Waals surface area contributed by atoms with Crippen LogP contribution in [0.2, 0.25) is 0 Å². The predicted molar refractivity (Wildman–Crippen MR) is 186 cm³/mol. The van der Waals surface area contributed by atoms with Gasteiger partial charge in [0.05, 0.1) is 0 Å². The molecule has 1 unspecified atom stereocenters. The minimum Gasteiger partial charge on any atom is -0.481 e. The number of ether oxygens (including phenoxy) is 1. The van der Waals surface area contributed by atoms with E-state index in [1.54, 1.807) is 0 Å². The van der Waals surface area contributed by atoms with E-state index in [0.717, 1.165) is 70.6 Å². The van der Waals surface area contributed by atoms with E-state index >= 15 is 0 Å². The summed E-state index contributed by atoms with van der Waals surface area (Å²) < 4.78 is 5.87. The number of carbonyl (C=O) groups is 2. The monoisotopic (exact) mass is 603 g/mol. The largest absolute Gasteiger partial charge is 0.481 e. The number of allylic oxidation sites excluding steroid dienone is 6. The van der Waals surface area contributed by atoms with Crippen LogP contribution in [-0.2, 0) is 14.3 Å². The van der Waals surface area contributed by atoms with Crippen molar-refractivity contribution in [3.63, 3.8) is 0 Å². The zero-order valence-corrected chi connectivity index (χ0v) is 28.5. The van der Waals surface area contributed by atoms with Gasteiger partial charge in [0.25, 0.3) is 0 Å². The first-order chi connectivity index (χ1) is 21.1. The van der Waals surface area contributed by atoms with Gasteiger partial charge in [-0.1, -0.05) is 127 Å². The number of rotatable bonds is 33. The van der Waals surface area contributed by atoms with Gasteiger partial charge in [-0.2, -0.15) is 0 Å². The fraction of sp³-hybridized carbons (Fsp3) is 0.795. The number of unbranched alkanes of at least 4 members (excludes halogenated alkanes) is 18. The second kappa shape index (κ2) is 34.6. The molecular weight excluding hydrogens is 532 g/mol. The summed E-state index contributed by atoms with van der Waals surface area (Å²) in [6.45, 7) is 4.44. The normalized spacial score (nSPS) is 12.6. The molecule has 0 aliphatic heterocycles. The fourth-order valence-electron chi connectivity index (χ4n) is 5.31. The summed E-state index contributed by atoms with van der Waals surface area (Å²) in [6.07, 6.45) is 44.9. The lowest BCUT2D eigenvalue weighted by Gasteiger charge is -2.18. The molecule has 0 amide bonds. The van der Waals surface area contributed by atoms with Crippen molar-refractivity contribution in [2.24, 2.45) is 0 Å². The highest BCUT2D eigenvalue weighted by Crippen LogP contribution is 2.17. The van der Waals surface area contributed by atoms with Gasteiger partial charge in [0.2, 0.25) is 0 Å². The summed E-state index contributed by atoms with van der Waals surface area (Å²) >= 11 is 0. The third-order valence-electron chi connectivity index (χ3n) is 8.08. The highest BCUT2D eigenvalue weighted by atomic mass is 16.5. The quantitative estimate of drug-likeness (QED) is 0.0461. The number of esters is 1. The van der Waals surface area contributed by atoms with Crippen LogP contribution >= 0.6 is 0 Å². The zero-order chi connectivity index (χ0) is 31.5. The van der Waals surface area contributed by atoms with E-state index in [9.17, 15) is 9.59 Å². The van der Waals surface area contributed by atoms with Crippen molar-refractivity contribution < 1.29 is 19.4 Å². The molecule has 4 nitrogen and oxygen atoms in total. The molecule has 43 heavy (non-hydrogen) atoms. The molecule has 0 radical (unpaired) electrons. The van der Waals surface area contributed by atoms with Crippen molar-refractivity contribution in [1.82, 2.24) is 0 Å². The molecule has 0 aromatic rings. The molecule has 250 valence electrons. The first-order valence-corrected chi connectivity index (χ1v) is 18.5. The summed E-state index contributed by atoms with van der Waals surface area (Å²) in [5.74, 6) is -0.698. The first kappa shape index (κ1) is 41.2. The Morgan fingerprint density at radius 2 is 0.930 bits per heavy atom.